The molecule has 0 unspecified atom stereocenters. The third kappa shape index (κ3) is 4.72. The average molecular weight is 432 g/mol. The highest BCUT2D eigenvalue weighted by atomic mass is 19.3. The highest BCUT2D eigenvalue weighted by molar-refractivity contribution is 5.78. The number of hydrogen-bond acceptors (Lipinski definition) is 4. The molecule has 4 rings (SSSR count). The number of nitrogens with zero attached hydrogens (tertiary/aromatic N) is 4. The predicted octanol–water partition coefficient (Wildman–Crippen LogP) is 4.05. The number of halogens is 2. The lowest BCUT2D eigenvalue weighted by molar-refractivity contribution is -0.132. The van der Waals surface area contributed by atoms with Gasteiger partial charge in [-0.3, -0.25) is 9.78 Å². The minimum atomic E-state index is -2.46. The topological polar surface area (TPSA) is 63.1 Å². The fourth-order valence-electron chi connectivity index (χ4n) is 4.57. The number of amides is 1. The van der Waals surface area contributed by atoms with Gasteiger partial charge in [-0.1, -0.05) is 26.8 Å². The van der Waals surface area contributed by atoms with Gasteiger partial charge >= 0.3 is 0 Å². The van der Waals surface area contributed by atoms with E-state index in [0.717, 1.165) is 24.2 Å². The Hall–Kier alpha value is -2.51. The molecule has 2 aromatic heterocycles. The molecule has 0 bridgehead atoms. The molecule has 6 nitrogen and oxygen atoms in total. The molecule has 0 aliphatic carbocycles. The minimum Gasteiger partial charge on any atom is -0.367 e. The van der Waals surface area contributed by atoms with Gasteiger partial charge in [-0.05, 0) is 37.3 Å². The van der Waals surface area contributed by atoms with Crippen LogP contribution in [-0.2, 0) is 16.6 Å². The summed E-state index contributed by atoms with van der Waals surface area (Å²) in [4.78, 5) is 18.7. The molecular weight excluding hydrogens is 400 g/mol. The maximum Gasteiger partial charge on any atom is 0.260 e. The molecule has 4 heterocycles. The molecule has 1 fully saturated rings. The van der Waals surface area contributed by atoms with Crippen LogP contribution in [0.3, 0.4) is 0 Å². The third-order valence-electron chi connectivity index (χ3n) is 6.46. The van der Waals surface area contributed by atoms with Crippen molar-refractivity contribution in [1.82, 2.24) is 19.7 Å². The summed E-state index contributed by atoms with van der Waals surface area (Å²) in [6.07, 6.45) is 1.50. The number of anilines is 1. The number of alkyl halides is 2. The number of pyridine rings is 1. The van der Waals surface area contributed by atoms with E-state index >= 15 is 0 Å². The highest BCUT2D eigenvalue weighted by Gasteiger charge is 2.39. The van der Waals surface area contributed by atoms with E-state index in [2.05, 4.69) is 15.4 Å². The number of nitrogens with one attached hydrogen (secondary N) is 1. The second-order valence-electron chi connectivity index (χ2n) is 9.71. The number of fused-ring (bicyclic) bond motifs is 1. The van der Waals surface area contributed by atoms with E-state index in [0.29, 0.717) is 31.7 Å². The van der Waals surface area contributed by atoms with Crippen LogP contribution in [0, 0.1) is 5.92 Å². The van der Waals surface area contributed by atoms with Crippen LogP contribution in [0.1, 0.15) is 57.5 Å². The second kappa shape index (κ2) is 8.55. The van der Waals surface area contributed by atoms with Crippen LogP contribution in [0.25, 0.3) is 0 Å². The van der Waals surface area contributed by atoms with Gasteiger partial charge in [0.25, 0.3) is 6.43 Å². The van der Waals surface area contributed by atoms with E-state index in [1.165, 1.54) is 4.68 Å². The molecule has 0 spiro atoms. The number of likely N-dealkylation sites (tertiary alicyclic amines) is 1. The Kier molecular flexibility index (Phi) is 5.99. The SMILES string of the molecule is CC(C)(C)c1cc2n(n1)[C@@H](C(F)F)C[C@@H](C1CCN(C(=O)Cc3ccccn3)CC1)N2. The molecular formula is C23H31F2N5O. The Morgan fingerprint density at radius 2 is 2.00 bits per heavy atom. The fourth-order valence-corrected chi connectivity index (χ4v) is 4.57. The van der Waals surface area contributed by atoms with Gasteiger partial charge < -0.3 is 10.2 Å². The number of carbonyl (C=O) groups excluding carboxylic acids is 1. The van der Waals surface area contributed by atoms with Crippen molar-refractivity contribution in [2.45, 2.75) is 70.4 Å². The number of piperidine rings is 1. The summed E-state index contributed by atoms with van der Waals surface area (Å²) >= 11 is 0. The van der Waals surface area contributed by atoms with Gasteiger partial charge in [0.1, 0.15) is 11.9 Å². The molecule has 1 amide bonds. The van der Waals surface area contributed by atoms with E-state index < -0.39 is 12.5 Å². The van der Waals surface area contributed by atoms with E-state index in [1.54, 1.807) is 6.20 Å². The van der Waals surface area contributed by atoms with Crippen molar-refractivity contribution >= 4 is 11.7 Å². The van der Waals surface area contributed by atoms with Gasteiger partial charge in [-0.15, -0.1) is 0 Å². The maximum atomic E-state index is 13.9. The van der Waals surface area contributed by atoms with Crippen molar-refractivity contribution in [1.29, 1.82) is 0 Å². The van der Waals surface area contributed by atoms with Crippen molar-refractivity contribution in [2.75, 3.05) is 18.4 Å². The van der Waals surface area contributed by atoms with Crippen molar-refractivity contribution in [3.05, 3.63) is 41.9 Å². The number of rotatable bonds is 4. The van der Waals surface area contributed by atoms with Crippen LogP contribution in [0.15, 0.2) is 30.5 Å². The van der Waals surface area contributed by atoms with Crippen molar-refractivity contribution in [2.24, 2.45) is 5.92 Å². The first kappa shape index (κ1) is 21.7. The lowest BCUT2D eigenvalue weighted by atomic mass is 9.84. The van der Waals surface area contributed by atoms with E-state index in [1.807, 2.05) is 49.9 Å². The Bertz CT molecular complexity index is 900. The van der Waals surface area contributed by atoms with Gasteiger partial charge in [0.15, 0.2) is 0 Å². The predicted molar refractivity (Wildman–Crippen MR) is 115 cm³/mol. The lowest BCUT2D eigenvalue weighted by Crippen LogP contribution is -2.46. The zero-order valence-electron chi connectivity index (χ0n) is 18.4. The number of aromatic nitrogens is 3. The molecule has 2 atom stereocenters. The zero-order chi connectivity index (χ0) is 22.2. The van der Waals surface area contributed by atoms with Crippen LogP contribution < -0.4 is 5.32 Å². The number of hydrogen-bond donors (Lipinski definition) is 1. The summed E-state index contributed by atoms with van der Waals surface area (Å²) in [5, 5.41) is 7.98. The minimum absolute atomic E-state index is 0.0379. The summed E-state index contributed by atoms with van der Waals surface area (Å²) in [7, 11) is 0. The Morgan fingerprint density at radius 1 is 1.26 bits per heavy atom. The average Bonchev–Trinajstić information content (AvgIpc) is 3.18. The van der Waals surface area contributed by atoms with Gasteiger partial charge in [0.05, 0.1) is 12.1 Å². The summed E-state index contributed by atoms with van der Waals surface area (Å²) in [5.41, 5.74) is 1.38. The fraction of sp³-hybridized carbons (Fsp3) is 0.609. The summed E-state index contributed by atoms with van der Waals surface area (Å²) in [5.74, 6) is 1.01. The van der Waals surface area contributed by atoms with Crippen LogP contribution in [0.2, 0.25) is 0 Å². The standard InChI is InChI=1S/C23H31F2N5O/c1-23(2,3)19-14-20-27-17(13-18(22(24)25)30(20)28-19)15-7-10-29(11-8-15)21(31)12-16-6-4-5-9-26-16/h4-6,9,14-15,17-18,22,27H,7-8,10-13H2,1-3H3/t17-,18+/m0/s1. The molecule has 1 saturated heterocycles. The van der Waals surface area contributed by atoms with Gasteiger partial charge in [-0.2, -0.15) is 5.10 Å². The molecule has 0 aromatic carbocycles. The lowest BCUT2D eigenvalue weighted by Gasteiger charge is -2.40. The zero-order valence-corrected chi connectivity index (χ0v) is 18.4. The third-order valence-corrected chi connectivity index (χ3v) is 6.46. The summed E-state index contributed by atoms with van der Waals surface area (Å²) in [6, 6.07) is 6.53. The van der Waals surface area contributed by atoms with E-state index in [4.69, 9.17) is 0 Å². The number of carbonyl (C=O) groups is 1. The summed E-state index contributed by atoms with van der Waals surface area (Å²) in [6.45, 7) is 7.41. The van der Waals surface area contributed by atoms with Gasteiger partial charge in [0.2, 0.25) is 5.91 Å². The van der Waals surface area contributed by atoms with Crippen molar-refractivity contribution < 1.29 is 13.6 Å². The molecule has 0 saturated carbocycles. The van der Waals surface area contributed by atoms with E-state index in [-0.39, 0.29) is 23.3 Å². The van der Waals surface area contributed by atoms with Crippen LogP contribution in [-0.4, -0.2) is 51.1 Å². The summed E-state index contributed by atoms with van der Waals surface area (Å²) < 4.78 is 29.2. The molecule has 0 radical (unpaired) electrons. The molecule has 8 heteroatoms. The van der Waals surface area contributed by atoms with Crippen molar-refractivity contribution in [3.63, 3.8) is 0 Å². The van der Waals surface area contributed by atoms with Crippen molar-refractivity contribution in [3.8, 4) is 0 Å². The molecule has 2 aliphatic heterocycles. The first-order valence-electron chi connectivity index (χ1n) is 11.0. The molecule has 31 heavy (non-hydrogen) atoms. The van der Waals surface area contributed by atoms with Crippen LogP contribution in [0.5, 0.6) is 0 Å². The normalized spacial score (nSPS) is 22.3. The largest absolute Gasteiger partial charge is 0.367 e. The molecule has 2 aliphatic rings. The Labute approximate surface area is 182 Å². The smallest absolute Gasteiger partial charge is 0.260 e. The Balaban J connectivity index is 1.40. The molecule has 2 aromatic rings. The maximum absolute atomic E-state index is 13.9. The van der Waals surface area contributed by atoms with E-state index in [9.17, 15) is 13.6 Å². The highest BCUT2D eigenvalue weighted by Crippen LogP contribution is 2.38. The molecule has 1 N–H and O–H groups in total. The second-order valence-corrected chi connectivity index (χ2v) is 9.71. The first-order chi connectivity index (χ1) is 14.7. The van der Waals surface area contributed by atoms with Gasteiger partial charge in [-0.25, -0.2) is 13.5 Å². The van der Waals surface area contributed by atoms with Crippen LogP contribution in [0.4, 0.5) is 14.6 Å². The quantitative estimate of drug-likeness (QED) is 0.793. The Morgan fingerprint density at radius 3 is 2.61 bits per heavy atom. The van der Waals surface area contributed by atoms with Crippen LogP contribution >= 0.6 is 0 Å². The first-order valence-corrected chi connectivity index (χ1v) is 11.0. The van der Waals surface area contributed by atoms with Gasteiger partial charge in [0, 0.05) is 42.5 Å². The molecule has 168 valence electrons. The monoisotopic (exact) mass is 431 g/mol.